The standard InChI is InChI=1S/C19H16N6O2/c20-18-17-16(10-14-7-4-8-15(9-14)25(26)27)23-24(19(17)22-12-21-18)11-13-5-2-1-3-6-13/h1-9,12H,10-11H2,(H2,20,21,22). The van der Waals surface area contributed by atoms with Crippen molar-refractivity contribution in [2.45, 2.75) is 13.0 Å². The molecular formula is C19H16N6O2. The van der Waals surface area contributed by atoms with E-state index in [0.717, 1.165) is 11.1 Å². The smallest absolute Gasteiger partial charge is 0.269 e. The van der Waals surface area contributed by atoms with E-state index in [-0.39, 0.29) is 5.69 Å². The van der Waals surface area contributed by atoms with Gasteiger partial charge in [0.15, 0.2) is 5.65 Å². The quantitative estimate of drug-likeness (QED) is 0.432. The highest BCUT2D eigenvalue weighted by Gasteiger charge is 2.17. The van der Waals surface area contributed by atoms with Crippen molar-refractivity contribution in [3.8, 4) is 0 Å². The van der Waals surface area contributed by atoms with Gasteiger partial charge in [-0.25, -0.2) is 14.6 Å². The summed E-state index contributed by atoms with van der Waals surface area (Å²) < 4.78 is 1.79. The topological polar surface area (TPSA) is 113 Å². The van der Waals surface area contributed by atoms with Crippen LogP contribution in [0.3, 0.4) is 0 Å². The van der Waals surface area contributed by atoms with Crippen molar-refractivity contribution in [2.75, 3.05) is 5.73 Å². The highest BCUT2D eigenvalue weighted by Crippen LogP contribution is 2.25. The molecule has 4 rings (SSSR count). The van der Waals surface area contributed by atoms with Gasteiger partial charge in [-0.1, -0.05) is 42.5 Å². The molecular weight excluding hydrogens is 344 g/mol. The molecule has 2 heterocycles. The largest absolute Gasteiger partial charge is 0.383 e. The van der Waals surface area contributed by atoms with Crippen molar-refractivity contribution in [3.63, 3.8) is 0 Å². The Kier molecular flexibility index (Phi) is 4.21. The normalized spacial score (nSPS) is 11.0. The number of fused-ring (bicyclic) bond motifs is 1. The van der Waals surface area contributed by atoms with Crippen molar-refractivity contribution in [2.24, 2.45) is 0 Å². The first-order chi connectivity index (χ1) is 13.1. The van der Waals surface area contributed by atoms with Crippen LogP contribution in [0.15, 0.2) is 60.9 Å². The van der Waals surface area contributed by atoms with E-state index < -0.39 is 4.92 Å². The Labute approximate surface area is 154 Å². The first-order valence-electron chi connectivity index (χ1n) is 8.35. The summed E-state index contributed by atoms with van der Waals surface area (Å²) in [5.41, 5.74) is 9.33. The molecule has 0 saturated heterocycles. The van der Waals surface area contributed by atoms with E-state index in [4.69, 9.17) is 5.73 Å². The van der Waals surface area contributed by atoms with Crippen LogP contribution < -0.4 is 5.73 Å². The molecule has 4 aromatic rings. The van der Waals surface area contributed by atoms with Gasteiger partial charge in [0.2, 0.25) is 0 Å². The minimum Gasteiger partial charge on any atom is -0.383 e. The second-order valence-corrected chi connectivity index (χ2v) is 6.15. The molecule has 0 bridgehead atoms. The van der Waals surface area contributed by atoms with Crippen LogP contribution in [-0.2, 0) is 13.0 Å². The van der Waals surface area contributed by atoms with Gasteiger partial charge in [-0.3, -0.25) is 10.1 Å². The fourth-order valence-corrected chi connectivity index (χ4v) is 3.07. The van der Waals surface area contributed by atoms with Crippen LogP contribution in [0.25, 0.3) is 11.0 Å². The number of hydrogen-bond acceptors (Lipinski definition) is 6. The molecule has 8 nitrogen and oxygen atoms in total. The summed E-state index contributed by atoms with van der Waals surface area (Å²) in [7, 11) is 0. The molecule has 134 valence electrons. The van der Waals surface area contributed by atoms with Gasteiger partial charge in [0.25, 0.3) is 5.69 Å². The number of nitro benzene ring substituents is 1. The molecule has 27 heavy (non-hydrogen) atoms. The monoisotopic (exact) mass is 360 g/mol. The summed E-state index contributed by atoms with van der Waals surface area (Å²) in [6, 6.07) is 16.4. The predicted octanol–water partition coefficient (Wildman–Crippen LogP) is 2.96. The van der Waals surface area contributed by atoms with Gasteiger partial charge < -0.3 is 5.73 Å². The molecule has 0 fully saturated rings. The zero-order valence-electron chi connectivity index (χ0n) is 14.3. The molecule has 0 aliphatic carbocycles. The number of nitrogens with two attached hydrogens (primary N) is 1. The maximum atomic E-state index is 11.0. The van der Waals surface area contributed by atoms with Gasteiger partial charge in [-0.2, -0.15) is 5.10 Å². The van der Waals surface area contributed by atoms with Gasteiger partial charge in [0.05, 0.1) is 22.5 Å². The Morgan fingerprint density at radius 3 is 2.59 bits per heavy atom. The van der Waals surface area contributed by atoms with Gasteiger partial charge in [0, 0.05) is 18.6 Å². The van der Waals surface area contributed by atoms with E-state index in [1.807, 2.05) is 36.4 Å². The number of nitro groups is 1. The zero-order valence-corrected chi connectivity index (χ0v) is 14.3. The Balaban J connectivity index is 1.76. The lowest BCUT2D eigenvalue weighted by Gasteiger charge is -2.02. The summed E-state index contributed by atoms with van der Waals surface area (Å²) in [6.07, 6.45) is 1.82. The molecule has 8 heteroatoms. The first-order valence-corrected chi connectivity index (χ1v) is 8.35. The van der Waals surface area contributed by atoms with Crippen LogP contribution in [0.4, 0.5) is 11.5 Å². The van der Waals surface area contributed by atoms with Crippen molar-refractivity contribution < 1.29 is 4.92 Å². The van der Waals surface area contributed by atoms with E-state index in [2.05, 4.69) is 15.1 Å². The number of nitrogens with zero attached hydrogens (tertiary/aromatic N) is 5. The van der Waals surface area contributed by atoms with Gasteiger partial charge in [-0.15, -0.1) is 0 Å². The minimum absolute atomic E-state index is 0.0461. The lowest BCUT2D eigenvalue weighted by Crippen LogP contribution is -2.03. The number of hydrogen-bond donors (Lipinski definition) is 1. The van der Waals surface area contributed by atoms with Crippen LogP contribution in [0.2, 0.25) is 0 Å². The summed E-state index contributed by atoms with van der Waals surface area (Å²) in [4.78, 5) is 19.0. The predicted molar refractivity (Wildman–Crippen MR) is 101 cm³/mol. The number of anilines is 1. The van der Waals surface area contributed by atoms with Gasteiger partial charge >= 0.3 is 0 Å². The van der Waals surface area contributed by atoms with Crippen molar-refractivity contribution in [1.29, 1.82) is 0 Å². The molecule has 2 aromatic carbocycles. The summed E-state index contributed by atoms with van der Waals surface area (Å²) in [5.74, 6) is 0.347. The maximum Gasteiger partial charge on any atom is 0.269 e. The summed E-state index contributed by atoms with van der Waals surface area (Å²) >= 11 is 0. The average Bonchev–Trinajstić information content (AvgIpc) is 3.01. The van der Waals surface area contributed by atoms with Crippen LogP contribution in [0.5, 0.6) is 0 Å². The van der Waals surface area contributed by atoms with Crippen molar-refractivity contribution in [3.05, 3.63) is 87.9 Å². The molecule has 0 spiro atoms. The fraction of sp³-hybridized carbons (Fsp3) is 0.105. The lowest BCUT2D eigenvalue weighted by atomic mass is 10.1. The van der Waals surface area contributed by atoms with E-state index in [9.17, 15) is 10.1 Å². The number of nitrogen functional groups attached to an aromatic ring is 1. The summed E-state index contributed by atoms with van der Waals surface area (Å²) in [6.45, 7) is 0.544. The lowest BCUT2D eigenvalue weighted by molar-refractivity contribution is -0.384. The Hall–Kier alpha value is -3.81. The summed E-state index contributed by atoms with van der Waals surface area (Å²) in [5, 5.41) is 16.4. The van der Waals surface area contributed by atoms with Crippen LogP contribution in [-0.4, -0.2) is 24.7 Å². The Morgan fingerprint density at radius 1 is 1.04 bits per heavy atom. The van der Waals surface area contributed by atoms with Crippen LogP contribution >= 0.6 is 0 Å². The number of non-ortho nitro benzene ring substituents is 1. The number of benzene rings is 2. The molecule has 0 aliphatic rings. The molecule has 0 radical (unpaired) electrons. The average molecular weight is 360 g/mol. The Morgan fingerprint density at radius 2 is 1.81 bits per heavy atom. The van der Waals surface area contributed by atoms with E-state index in [1.54, 1.807) is 16.8 Å². The SMILES string of the molecule is Nc1ncnc2c1c(Cc1cccc([N+](=O)[O-])c1)nn2Cc1ccccc1. The molecule has 0 saturated carbocycles. The molecule has 0 unspecified atom stereocenters. The van der Waals surface area contributed by atoms with Gasteiger partial charge in [0.1, 0.15) is 12.1 Å². The van der Waals surface area contributed by atoms with E-state index in [1.165, 1.54) is 12.4 Å². The number of rotatable bonds is 5. The Bertz CT molecular complexity index is 1120. The highest BCUT2D eigenvalue weighted by atomic mass is 16.6. The first kappa shape index (κ1) is 16.6. The molecule has 0 atom stereocenters. The highest BCUT2D eigenvalue weighted by molar-refractivity contribution is 5.88. The third kappa shape index (κ3) is 3.32. The zero-order chi connectivity index (χ0) is 18.8. The van der Waals surface area contributed by atoms with E-state index >= 15 is 0 Å². The minimum atomic E-state index is -0.410. The van der Waals surface area contributed by atoms with Crippen LogP contribution in [0, 0.1) is 10.1 Å². The molecule has 2 N–H and O–H groups in total. The second-order valence-electron chi connectivity index (χ2n) is 6.15. The van der Waals surface area contributed by atoms with Crippen molar-refractivity contribution in [1.82, 2.24) is 19.7 Å². The molecule has 2 aromatic heterocycles. The third-order valence-corrected chi connectivity index (χ3v) is 4.30. The van der Waals surface area contributed by atoms with Crippen molar-refractivity contribution >= 4 is 22.5 Å². The number of aromatic nitrogens is 4. The van der Waals surface area contributed by atoms with Crippen LogP contribution in [0.1, 0.15) is 16.8 Å². The third-order valence-electron chi connectivity index (χ3n) is 4.30. The molecule has 0 aliphatic heterocycles. The van der Waals surface area contributed by atoms with E-state index in [0.29, 0.717) is 35.5 Å². The van der Waals surface area contributed by atoms with Gasteiger partial charge in [-0.05, 0) is 11.1 Å². The fourth-order valence-electron chi connectivity index (χ4n) is 3.07. The second kappa shape index (κ2) is 6.83. The maximum absolute atomic E-state index is 11.0. The molecule has 0 amide bonds.